The molecule has 0 unspecified atom stereocenters. The van der Waals surface area contributed by atoms with Gasteiger partial charge in [-0.15, -0.1) is 24.8 Å². The van der Waals surface area contributed by atoms with Gasteiger partial charge in [-0.3, -0.25) is 0 Å². The van der Waals surface area contributed by atoms with E-state index in [-0.39, 0.29) is 37.5 Å². The van der Waals surface area contributed by atoms with Crippen LogP contribution in [0.4, 0.5) is 0 Å². The van der Waals surface area contributed by atoms with E-state index in [0.29, 0.717) is 6.54 Å². The average molecular weight is 191 g/mol. The maximum atomic E-state index is 8.57. The van der Waals surface area contributed by atoms with Crippen LogP contribution >= 0.6 is 24.8 Å². The van der Waals surface area contributed by atoms with Gasteiger partial charge >= 0.3 is 0 Å². The number of aliphatic hydroxyl groups excluding tert-OH is 1. The van der Waals surface area contributed by atoms with Crippen molar-refractivity contribution in [1.29, 1.82) is 0 Å². The molecule has 0 aromatic heterocycles. The monoisotopic (exact) mass is 190 g/mol. The summed E-state index contributed by atoms with van der Waals surface area (Å²) in [5.41, 5.74) is 5.28. The van der Waals surface area contributed by atoms with Crippen LogP contribution < -0.4 is 5.73 Å². The zero-order valence-corrected chi connectivity index (χ0v) is 7.91. The SMILES string of the molecule is CN(C)[C@@H](CN)CO.Cl.Cl. The van der Waals surface area contributed by atoms with Crippen LogP contribution in [0.5, 0.6) is 0 Å². The van der Waals surface area contributed by atoms with E-state index < -0.39 is 0 Å². The predicted molar refractivity (Wildman–Crippen MR) is 48.1 cm³/mol. The molecule has 0 saturated carbocycles. The van der Waals surface area contributed by atoms with Gasteiger partial charge in [0, 0.05) is 12.6 Å². The number of halogens is 2. The predicted octanol–water partition coefficient (Wildman–Crippen LogP) is -0.289. The molecule has 0 aliphatic carbocycles. The number of hydrogen-bond donors (Lipinski definition) is 2. The third kappa shape index (κ3) is 6.58. The molecule has 10 heavy (non-hydrogen) atoms. The van der Waals surface area contributed by atoms with E-state index in [9.17, 15) is 0 Å². The largest absolute Gasteiger partial charge is 0.395 e. The Morgan fingerprint density at radius 3 is 1.80 bits per heavy atom. The van der Waals surface area contributed by atoms with Gasteiger partial charge in [0.2, 0.25) is 0 Å². The summed E-state index contributed by atoms with van der Waals surface area (Å²) in [6.07, 6.45) is 0. The smallest absolute Gasteiger partial charge is 0.0598 e. The molecule has 0 bridgehead atoms. The lowest BCUT2D eigenvalue weighted by Gasteiger charge is -2.19. The highest BCUT2D eigenvalue weighted by Gasteiger charge is 2.04. The van der Waals surface area contributed by atoms with Gasteiger partial charge in [0.1, 0.15) is 0 Å². The first-order chi connectivity index (χ1) is 3.72. The van der Waals surface area contributed by atoms with Crippen molar-refractivity contribution < 1.29 is 5.11 Å². The minimum atomic E-state index is 0. The van der Waals surface area contributed by atoms with E-state index in [4.69, 9.17) is 10.8 Å². The number of aliphatic hydroxyl groups is 1. The van der Waals surface area contributed by atoms with Gasteiger partial charge in [-0.1, -0.05) is 0 Å². The van der Waals surface area contributed by atoms with Crippen molar-refractivity contribution in [2.45, 2.75) is 6.04 Å². The molecule has 0 amide bonds. The second-order valence-corrected chi connectivity index (χ2v) is 2.04. The molecule has 1 atom stereocenters. The maximum absolute atomic E-state index is 8.57. The van der Waals surface area contributed by atoms with E-state index >= 15 is 0 Å². The van der Waals surface area contributed by atoms with Gasteiger partial charge in [0.25, 0.3) is 0 Å². The van der Waals surface area contributed by atoms with Gasteiger partial charge in [-0.25, -0.2) is 0 Å². The zero-order chi connectivity index (χ0) is 6.57. The van der Waals surface area contributed by atoms with Crippen molar-refractivity contribution in [3.8, 4) is 0 Å². The van der Waals surface area contributed by atoms with Crippen LogP contribution in [0.1, 0.15) is 0 Å². The Morgan fingerprint density at radius 2 is 1.80 bits per heavy atom. The van der Waals surface area contributed by atoms with Crippen LogP contribution in [0, 0.1) is 0 Å². The summed E-state index contributed by atoms with van der Waals surface area (Å²) in [6, 6.07) is 0.120. The molecule has 0 radical (unpaired) electrons. The molecule has 3 N–H and O–H groups in total. The average Bonchev–Trinajstić information content (AvgIpc) is 1.69. The van der Waals surface area contributed by atoms with E-state index in [1.54, 1.807) is 0 Å². The molecular formula is C5H16Cl2N2O. The lowest BCUT2D eigenvalue weighted by atomic mass is 10.3. The van der Waals surface area contributed by atoms with Crippen molar-refractivity contribution in [3.05, 3.63) is 0 Å². The molecule has 3 nitrogen and oxygen atoms in total. The van der Waals surface area contributed by atoms with Gasteiger partial charge in [-0.2, -0.15) is 0 Å². The molecule has 0 aromatic carbocycles. The third-order valence-corrected chi connectivity index (χ3v) is 1.21. The van der Waals surface area contributed by atoms with E-state index in [1.807, 2.05) is 19.0 Å². The van der Waals surface area contributed by atoms with E-state index in [2.05, 4.69) is 0 Å². The standard InChI is InChI=1S/C5H14N2O.2ClH/c1-7(2)5(3-6)4-8;;/h5,8H,3-4,6H2,1-2H3;2*1H/t5-;;/m0../s1. The quantitative estimate of drug-likeness (QED) is 0.644. The fourth-order valence-corrected chi connectivity index (χ4v) is 0.449. The Labute approximate surface area is 74.4 Å². The number of rotatable bonds is 3. The van der Waals surface area contributed by atoms with Gasteiger partial charge in [0.15, 0.2) is 0 Å². The second kappa shape index (κ2) is 9.46. The first kappa shape index (κ1) is 16.8. The molecule has 0 heterocycles. The molecular weight excluding hydrogens is 175 g/mol. The topological polar surface area (TPSA) is 49.5 Å². The summed E-state index contributed by atoms with van der Waals surface area (Å²) in [5.74, 6) is 0. The Kier molecular flexibility index (Phi) is 15.9. The minimum absolute atomic E-state index is 0. The summed E-state index contributed by atoms with van der Waals surface area (Å²) in [7, 11) is 3.79. The molecule has 0 aliphatic rings. The number of hydrogen-bond acceptors (Lipinski definition) is 3. The highest BCUT2D eigenvalue weighted by Crippen LogP contribution is 1.85. The molecule has 0 aromatic rings. The van der Waals surface area contributed by atoms with Crippen molar-refractivity contribution in [3.63, 3.8) is 0 Å². The highest BCUT2D eigenvalue weighted by atomic mass is 35.5. The van der Waals surface area contributed by atoms with Crippen LogP contribution in [0.2, 0.25) is 0 Å². The van der Waals surface area contributed by atoms with E-state index in [1.165, 1.54) is 0 Å². The molecule has 0 aliphatic heterocycles. The molecule has 0 spiro atoms. The van der Waals surface area contributed by atoms with Gasteiger partial charge in [0.05, 0.1) is 6.61 Å². The third-order valence-electron chi connectivity index (χ3n) is 1.21. The van der Waals surface area contributed by atoms with Crippen molar-refractivity contribution in [2.75, 3.05) is 27.2 Å². The molecule has 0 saturated heterocycles. The number of nitrogens with two attached hydrogens (primary N) is 1. The zero-order valence-electron chi connectivity index (χ0n) is 6.28. The Hall–Kier alpha value is 0.460. The first-order valence-electron chi connectivity index (χ1n) is 2.69. The highest BCUT2D eigenvalue weighted by molar-refractivity contribution is 5.85. The van der Waals surface area contributed by atoms with Crippen molar-refractivity contribution >= 4 is 24.8 Å². The van der Waals surface area contributed by atoms with Crippen LogP contribution in [0.3, 0.4) is 0 Å². The molecule has 0 fully saturated rings. The van der Waals surface area contributed by atoms with Crippen molar-refractivity contribution in [1.82, 2.24) is 4.90 Å². The van der Waals surface area contributed by atoms with Crippen LogP contribution in [-0.2, 0) is 0 Å². The van der Waals surface area contributed by atoms with Crippen LogP contribution in [-0.4, -0.2) is 43.3 Å². The fourth-order valence-electron chi connectivity index (χ4n) is 0.449. The summed E-state index contributed by atoms with van der Waals surface area (Å²) >= 11 is 0. The Bertz CT molecular complexity index is 59.6. The first-order valence-corrected chi connectivity index (χ1v) is 2.69. The van der Waals surface area contributed by atoms with Crippen LogP contribution in [0.15, 0.2) is 0 Å². The van der Waals surface area contributed by atoms with Gasteiger partial charge in [-0.05, 0) is 14.1 Å². The fraction of sp³-hybridized carbons (Fsp3) is 1.00. The summed E-state index contributed by atoms with van der Waals surface area (Å²) in [4.78, 5) is 1.90. The summed E-state index contributed by atoms with van der Waals surface area (Å²) in [5, 5.41) is 8.57. The maximum Gasteiger partial charge on any atom is 0.0598 e. The second-order valence-electron chi connectivity index (χ2n) is 2.04. The van der Waals surface area contributed by atoms with Crippen molar-refractivity contribution in [2.24, 2.45) is 5.73 Å². The molecule has 5 heteroatoms. The molecule has 0 rings (SSSR count). The van der Waals surface area contributed by atoms with Gasteiger partial charge < -0.3 is 15.7 Å². The van der Waals surface area contributed by atoms with E-state index in [0.717, 1.165) is 0 Å². The summed E-state index contributed by atoms with van der Waals surface area (Å²) < 4.78 is 0. The minimum Gasteiger partial charge on any atom is -0.395 e. The number of likely N-dealkylation sites (N-methyl/N-ethyl adjacent to an activating group) is 1. The lowest BCUT2D eigenvalue weighted by molar-refractivity contribution is 0.174. The van der Waals surface area contributed by atoms with Crippen LogP contribution in [0.25, 0.3) is 0 Å². The Morgan fingerprint density at radius 1 is 1.40 bits per heavy atom. The normalized spacial score (nSPS) is 11.7. The number of nitrogens with zero attached hydrogens (tertiary/aromatic N) is 1. The summed E-state index contributed by atoms with van der Waals surface area (Å²) in [6.45, 7) is 0.660. The molecule has 66 valence electrons. The lowest BCUT2D eigenvalue weighted by Crippen LogP contribution is -2.37. The Balaban J connectivity index is -0.000000245.